The SMILES string of the molecule is NCC(c1ccccc1Cl)C(O)C1C2CCCC21. The molecule has 3 N–H and O–H groups in total. The van der Waals surface area contributed by atoms with Crippen LogP contribution in [0.3, 0.4) is 0 Å². The number of fused-ring (bicyclic) bond motifs is 1. The van der Waals surface area contributed by atoms with Gasteiger partial charge < -0.3 is 10.8 Å². The van der Waals surface area contributed by atoms with E-state index in [4.69, 9.17) is 17.3 Å². The lowest BCUT2D eigenvalue weighted by Gasteiger charge is -2.24. The molecular formula is C15H20ClNO. The standard InChI is InChI=1S/C15H20ClNO/c16-13-7-2-1-4-9(13)12(8-17)15(18)14-10-5-3-6-11(10)14/h1-2,4,7,10-12,14-15,18H,3,5-6,8,17H2. The highest BCUT2D eigenvalue weighted by atomic mass is 35.5. The summed E-state index contributed by atoms with van der Waals surface area (Å²) in [6.45, 7) is 0.459. The molecule has 0 bridgehead atoms. The van der Waals surface area contributed by atoms with E-state index in [1.165, 1.54) is 19.3 Å². The Labute approximate surface area is 113 Å². The molecular weight excluding hydrogens is 246 g/mol. The molecule has 0 heterocycles. The van der Waals surface area contributed by atoms with Crippen molar-refractivity contribution in [1.82, 2.24) is 0 Å². The summed E-state index contributed by atoms with van der Waals surface area (Å²) in [6.07, 6.45) is 3.57. The van der Waals surface area contributed by atoms with Crippen LogP contribution in [0.4, 0.5) is 0 Å². The first kappa shape index (κ1) is 12.5. The van der Waals surface area contributed by atoms with Crippen LogP contribution in [0.2, 0.25) is 5.02 Å². The molecule has 0 saturated heterocycles. The van der Waals surface area contributed by atoms with Gasteiger partial charge in [0.05, 0.1) is 6.10 Å². The minimum absolute atomic E-state index is 0.0192. The molecule has 3 heteroatoms. The fourth-order valence-electron chi connectivity index (χ4n) is 3.88. The van der Waals surface area contributed by atoms with E-state index in [1.54, 1.807) is 0 Å². The number of aliphatic hydroxyl groups is 1. The summed E-state index contributed by atoms with van der Waals surface area (Å²) in [4.78, 5) is 0. The molecule has 98 valence electrons. The molecule has 18 heavy (non-hydrogen) atoms. The molecule has 0 amide bonds. The lowest BCUT2D eigenvalue weighted by molar-refractivity contribution is 0.108. The first-order valence-corrected chi connectivity index (χ1v) is 7.24. The minimum Gasteiger partial charge on any atom is -0.392 e. The molecule has 0 aliphatic heterocycles. The largest absolute Gasteiger partial charge is 0.392 e. The van der Waals surface area contributed by atoms with Gasteiger partial charge in [0.1, 0.15) is 0 Å². The zero-order chi connectivity index (χ0) is 12.7. The van der Waals surface area contributed by atoms with E-state index in [0.29, 0.717) is 12.5 Å². The molecule has 2 fully saturated rings. The van der Waals surface area contributed by atoms with Gasteiger partial charge in [-0.25, -0.2) is 0 Å². The monoisotopic (exact) mass is 265 g/mol. The third-order valence-corrected chi connectivity index (χ3v) is 5.18. The molecule has 0 aromatic heterocycles. The Bertz CT molecular complexity index is 426. The number of aliphatic hydroxyl groups excluding tert-OH is 1. The Morgan fingerprint density at radius 2 is 1.94 bits per heavy atom. The van der Waals surface area contributed by atoms with E-state index in [0.717, 1.165) is 22.4 Å². The Kier molecular flexibility index (Phi) is 3.35. The second kappa shape index (κ2) is 4.84. The van der Waals surface area contributed by atoms with Gasteiger partial charge in [0.15, 0.2) is 0 Å². The van der Waals surface area contributed by atoms with E-state index < -0.39 is 0 Å². The zero-order valence-electron chi connectivity index (χ0n) is 10.4. The Morgan fingerprint density at radius 1 is 1.28 bits per heavy atom. The van der Waals surface area contributed by atoms with Crippen molar-refractivity contribution in [2.75, 3.05) is 6.54 Å². The summed E-state index contributed by atoms with van der Waals surface area (Å²) in [5.74, 6) is 1.94. The number of rotatable bonds is 4. The molecule has 2 aliphatic rings. The summed E-state index contributed by atoms with van der Waals surface area (Å²) in [5.41, 5.74) is 6.87. The second-order valence-corrected chi connectivity index (χ2v) is 6.10. The molecule has 1 aromatic carbocycles. The third-order valence-electron chi connectivity index (χ3n) is 4.84. The fraction of sp³-hybridized carbons (Fsp3) is 0.600. The molecule has 1 aromatic rings. The first-order valence-electron chi connectivity index (χ1n) is 6.86. The second-order valence-electron chi connectivity index (χ2n) is 5.69. The molecule has 2 nitrogen and oxygen atoms in total. The minimum atomic E-state index is -0.329. The van der Waals surface area contributed by atoms with Crippen molar-refractivity contribution in [1.29, 1.82) is 0 Å². The summed E-state index contributed by atoms with van der Waals surface area (Å²) in [6, 6.07) is 7.74. The van der Waals surface area contributed by atoms with Crippen molar-refractivity contribution < 1.29 is 5.11 Å². The van der Waals surface area contributed by atoms with Crippen LogP contribution in [0.1, 0.15) is 30.7 Å². The van der Waals surface area contributed by atoms with E-state index in [2.05, 4.69) is 0 Å². The zero-order valence-corrected chi connectivity index (χ0v) is 11.2. The van der Waals surface area contributed by atoms with Gasteiger partial charge in [-0.1, -0.05) is 36.2 Å². The predicted molar refractivity (Wildman–Crippen MR) is 73.6 cm³/mol. The highest BCUT2D eigenvalue weighted by molar-refractivity contribution is 6.31. The molecule has 4 unspecified atom stereocenters. The molecule has 0 spiro atoms. The maximum absolute atomic E-state index is 10.6. The first-order chi connectivity index (χ1) is 8.74. The Morgan fingerprint density at radius 3 is 2.56 bits per heavy atom. The van der Waals surface area contributed by atoms with Crippen LogP contribution in [-0.4, -0.2) is 17.8 Å². The molecule has 4 atom stereocenters. The molecule has 3 rings (SSSR count). The lowest BCUT2D eigenvalue weighted by atomic mass is 9.88. The van der Waals surface area contributed by atoms with Gasteiger partial charge in [-0.05, 0) is 42.2 Å². The maximum Gasteiger partial charge on any atom is 0.0655 e. The number of hydrogen-bond acceptors (Lipinski definition) is 2. The van der Waals surface area contributed by atoms with Gasteiger partial charge in [0.25, 0.3) is 0 Å². The predicted octanol–water partition coefficient (Wildman–Crippen LogP) is 2.79. The maximum atomic E-state index is 10.6. The number of nitrogens with two attached hydrogens (primary N) is 1. The molecule has 2 aliphatic carbocycles. The van der Waals surface area contributed by atoms with Crippen LogP contribution in [0.5, 0.6) is 0 Å². The van der Waals surface area contributed by atoms with Crippen molar-refractivity contribution in [2.24, 2.45) is 23.5 Å². The van der Waals surface area contributed by atoms with Gasteiger partial charge in [-0.2, -0.15) is 0 Å². The summed E-state index contributed by atoms with van der Waals surface area (Å²) in [5, 5.41) is 11.3. The summed E-state index contributed by atoms with van der Waals surface area (Å²) >= 11 is 6.22. The van der Waals surface area contributed by atoms with Crippen molar-refractivity contribution in [3.05, 3.63) is 34.9 Å². The van der Waals surface area contributed by atoms with Gasteiger partial charge >= 0.3 is 0 Å². The quantitative estimate of drug-likeness (QED) is 0.879. The smallest absolute Gasteiger partial charge is 0.0655 e. The van der Waals surface area contributed by atoms with Crippen molar-refractivity contribution >= 4 is 11.6 Å². The van der Waals surface area contributed by atoms with Crippen LogP contribution < -0.4 is 5.73 Å². The highest BCUT2D eigenvalue weighted by Gasteiger charge is 2.56. The van der Waals surface area contributed by atoms with Gasteiger partial charge in [0, 0.05) is 17.5 Å². The van der Waals surface area contributed by atoms with Crippen LogP contribution in [0.15, 0.2) is 24.3 Å². The van der Waals surface area contributed by atoms with Crippen LogP contribution in [0, 0.1) is 17.8 Å². The van der Waals surface area contributed by atoms with Crippen molar-refractivity contribution in [3.63, 3.8) is 0 Å². The normalized spacial score (nSPS) is 32.9. The lowest BCUT2D eigenvalue weighted by Crippen LogP contribution is -2.29. The van der Waals surface area contributed by atoms with Crippen LogP contribution in [0.25, 0.3) is 0 Å². The van der Waals surface area contributed by atoms with Gasteiger partial charge in [-0.3, -0.25) is 0 Å². The van der Waals surface area contributed by atoms with Crippen LogP contribution in [-0.2, 0) is 0 Å². The highest BCUT2D eigenvalue weighted by Crippen LogP contribution is 2.60. The molecule has 2 saturated carbocycles. The summed E-state index contributed by atoms with van der Waals surface area (Å²) < 4.78 is 0. The van der Waals surface area contributed by atoms with E-state index in [-0.39, 0.29) is 12.0 Å². The average Bonchev–Trinajstić information content (AvgIpc) is 2.86. The fourth-order valence-corrected chi connectivity index (χ4v) is 4.15. The third kappa shape index (κ3) is 1.97. The Balaban J connectivity index is 1.78. The average molecular weight is 266 g/mol. The van der Waals surface area contributed by atoms with Gasteiger partial charge in [-0.15, -0.1) is 0 Å². The van der Waals surface area contributed by atoms with E-state index >= 15 is 0 Å². The molecule has 0 radical (unpaired) electrons. The topological polar surface area (TPSA) is 46.2 Å². The van der Waals surface area contributed by atoms with Gasteiger partial charge in [0.2, 0.25) is 0 Å². The Hall–Kier alpha value is -0.570. The number of halogens is 1. The van der Waals surface area contributed by atoms with Crippen molar-refractivity contribution in [2.45, 2.75) is 31.3 Å². The number of benzene rings is 1. The van der Waals surface area contributed by atoms with E-state index in [9.17, 15) is 5.11 Å². The summed E-state index contributed by atoms with van der Waals surface area (Å²) in [7, 11) is 0. The van der Waals surface area contributed by atoms with E-state index in [1.807, 2.05) is 24.3 Å². The van der Waals surface area contributed by atoms with Crippen LogP contribution >= 0.6 is 11.6 Å². The number of hydrogen-bond donors (Lipinski definition) is 2. The van der Waals surface area contributed by atoms with Crippen molar-refractivity contribution in [3.8, 4) is 0 Å².